The molecule has 114 valence electrons. The number of amides is 1. The summed E-state index contributed by atoms with van der Waals surface area (Å²) < 4.78 is 30.7. The third-order valence-electron chi connectivity index (χ3n) is 2.66. The van der Waals surface area contributed by atoms with Crippen molar-refractivity contribution in [2.75, 3.05) is 7.11 Å². The van der Waals surface area contributed by atoms with E-state index in [0.29, 0.717) is 5.57 Å². The summed E-state index contributed by atoms with van der Waals surface area (Å²) in [6, 6.07) is 1.99. The highest BCUT2D eigenvalue weighted by Crippen LogP contribution is 2.09. The maximum absolute atomic E-state index is 13.0. The van der Waals surface area contributed by atoms with Crippen molar-refractivity contribution in [3.63, 3.8) is 0 Å². The van der Waals surface area contributed by atoms with E-state index in [1.807, 2.05) is 0 Å². The van der Waals surface area contributed by atoms with Crippen molar-refractivity contribution in [1.82, 2.24) is 5.32 Å². The molecule has 0 radical (unpaired) electrons. The molecule has 0 spiro atoms. The molecule has 0 unspecified atom stereocenters. The fourth-order valence-corrected chi connectivity index (χ4v) is 1.83. The Morgan fingerprint density at radius 1 is 1.29 bits per heavy atom. The zero-order valence-electron chi connectivity index (χ0n) is 11.9. The normalized spacial score (nSPS) is 11.6. The molecule has 0 saturated carbocycles. The molecule has 0 bridgehead atoms. The first-order valence-corrected chi connectivity index (χ1v) is 6.28. The van der Waals surface area contributed by atoms with E-state index in [2.05, 4.69) is 16.6 Å². The molecule has 0 saturated heterocycles. The maximum Gasteiger partial charge on any atom is 0.328 e. The largest absolute Gasteiger partial charge is 0.467 e. The second-order valence-electron chi connectivity index (χ2n) is 4.76. The Hall–Kier alpha value is -2.24. The predicted octanol–water partition coefficient (Wildman–Crippen LogP) is 2.13. The lowest BCUT2D eigenvalue weighted by molar-refractivity contribution is -0.145. The van der Waals surface area contributed by atoms with Crippen LogP contribution in [0.2, 0.25) is 0 Å². The van der Waals surface area contributed by atoms with Gasteiger partial charge in [0.1, 0.15) is 17.7 Å². The van der Waals surface area contributed by atoms with Gasteiger partial charge in [-0.25, -0.2) is 13.6 Å². The fourth-order valence-electron chi connectivity index (χ4n) is 1.83. The molecule has 1 N–H and O–H groups in total. The van der Waals surface area contributed by atoms with Gasteiger partial charge in [-0.1, -0.05) is 5.57 Å². The molecule has 0 fully saturated rings. The fraction of sp³-hybridized carbons (Fsp3) is 0.333. The SMILES string of the molecule is C=C(C)C[C@H](NC(=O)Cc1cc(F)cc(F)c1)C(=O)OC. The number of ether oxygens (including phenoxy) is 1. The highest BCUT2D eigenvalue weighted by atomic mass is 19.1. The van der Waals surface area contributed by atoms with E-state index in [1.165, 1.54) is 7.11 Å². The van der Waals surface area contributed by atoms with Crippen LogP contribution in [0.15, 0.2) is 30.4 Å². The number of methoxy groups -OCH3 is 1. The number of hydrogen-bond acceptors (Lipinski definition) is 3. The lowest BCUT2D eigenvalue weighted by Crippen LogP contribution is -2.42. The molecule has 1 rings (SSSR count). The van der Waals surface area contributed by atoms with Gasteiger partial charge in [-0.3, -0.25) is 4.79 Å². The van der Waals surface area contributed by atoms with Gasteiger partial charge in [0.2, 0.25) is 5.91 Å². The zero-order chi connectivity index (χ0) is 16.0. The van der Waals surface area contributed by atoms with Crippen LogP contribution in [0.25, 0.3) is 0 Å². The Labute approximate surface area is 121 Å². The summed E-state index contributed by atoms with van der Waals surface area (Å²) in [5.74, 6) is -2.65. The molecule has 0 heterocycles. The van der Waals surface area contributed by atoms with Crippen LogP contribution >= 0.6 is 0 Å². The molecule has 0 aliphatic carbocycles. The summed E-state index contributed by atoms with van der Waals surface area (Å²) in [7, 11) is 1.21. The number of carbonyl (C=O) groups is 2. The van der Waals surface area contributed by atoms with Gasteiger partial charge in [0.25, 0.3) is 0 Å². The minimum Gasteiger partial charge on any atom is -0.467 e. The van der Waals surface area contributed by atoms with E-state index >= 15 is 0 Å². The predicted molar refractivity (Wildman–Crippen MR) is 73.4 cm³/mol. The summed E-state index contributed by atoms with van der Waals surface area (Å²) in [6.45, 7) is 5.38. The van der Waals surface area contributed by atoms with Gasteiger partial charge in [0.05, 0.1) is 13.5 Å². The van der Waals surface area contributed by atoms with Gasteiger partial charge in [0.15, 0.2) is 0 Å². The minimum atomic E-state index is -0.863. The summed E-state index contributed by atoms with van der Waals surface area (Å²) in [6.07, 6.45) is -0.00566. The van der Waals surface area contributed by atoms with Crippen LogP contribution < -0.4 is 5.32 Å². The molecule has 1 aromatic rings. The van der Waals surface area contributed by atoms with E-state index < -0.39 is 29.6 Å². The molecular weight excluding hydrogens is 280 g/mol. The van der Waals surface area contributed by atoms with Crippen LogP contribution in [0.3, 0.4) is 0 Å². The van der Waals surface area contributed by atoms with Gasteiger partial charge in [0, 0.05) is 6.07 Å². The average Bonchev–Trinajstić information content (AvgIpc) is 2.34. The van der Waals surface area contributed by atoms with E-state index in [1.54, 1.807) is 6.92 Å². The molecule has 0 aromatic heterocycles. The van der Waals surface area contributed by atoms with Crippen molar-refractivity contribution in [1.29, 1.82) is 0 Å². The number of rotatable bonds is 6. The van der Waals surface area contributed by atoms with E-state index in [-0.39, 0.29) is 18.4 Å². The van der Waals surface area contributed by atoms with E-state index in [0.717, 1.165) is 18.2 Å². The highest BCUT2D eigenvalue weighted by molar-refractivity contribution is 5.85. The van der Waals surface area contributed by atoms with Crippen molar-refractivity contribution in [3.05, 3.63) is 47.5 Å². The third kappa shape index (κ3) is 5.72. The van der Waals surface area contributed by atoms with Crippen LogP contribution in [0, 0.1) is 11.6 Å². The molecule has 1 aromatic carbocycles. The second-order valence-corrected chi connectivity index (χ2v) is 4.76. The number of esters is 1. The van der Waals surface area contributed by atoms with Crippen molar-refractivity contribution in [2.24, 2.45) is 0 Å². The Morgan fingerprint density at radius 2 is 1.86 bits per heavy atom. The minimum absolute atomic E-state index is 0.184. The van der Waals surface area contributed by atoms with Crippen molar-refractivity contribution in [2.45, 2.75) is 25.8 Å². The lowest BCUT2D eigenvalue weighted by atomic mass is 10.1. The highest BCUT2D eigenvalue weighted by Gasteiger charge is 2.21. The van der Waals surface area contributed by atoms with E-state index in [4.69, 9.17) is 0 Å². The average molecular weight is 297 g/mol. The summed E-state index contributed by atoms with van der Waals surface area (Å²) >= 11 is 0. The molecule has 6 heteroatoms. The first-order valence-electron chi connectivity index (χ1n) is 6.28. The Kier molecular flexibility index (Phi) is 6.02. The van der Waals surface area contributed by atoms with Crippen LogP contribution in [0.1, 0.15) is 18.9 Å². The van der Waals surface area contributed by atoms with Crippen molar-refractivity contribution >= 4 is 11.9 Å². The van der Waals surface area contributed by atoms with Crippen molar-refractivity contribution in [3.8, 4) is 0 Å². The second kappa shape index (κ2) is 7.52. The standard InChI is InChI=1S/C15H17F2NO3/c1-9(2)4-13(15(20)21-3)18-14(19)7-10-5-11(16)8-12(17)6-10/h5-6,8,13H,1,4,7H2,2-3H3,(H,18,19)/t13-/m0/s1. The van der Waals surface area contributed by atoms with Gasteiger partial charge >= 0.3 is 5.97 Å². The van der Waals surface area contributed by atoms with Crippen molar-refractivity contribution < 1.29 is 23.1 Å². The molecule has 1 amide bonds. The quantitative estimate of drug-likeness (QED) is 0.646. The third-order valence-corrected chi connectivity index (χ3v) is 2.66. The number of carbonyl (C=O) groups excluding carboxylic acids is 2. The Balaban J connectivity index is 2.73. The summed E-state index contributed by atoms with van der Waals surface area (Å²) in [5, 5.41) is 2.47. The Morgan fingerprint density at radius 3 is 2.33 bits per heavy atom. The molecule has 1 atom stereocenters. The first-order chi connectivity index (χ1) is 9.81. The number of hydrogen-bond donors (Lipinski definition) is 1. The summed E-state index contributed by atoms with van der Waals surface area (Å²) in [4.78, 5) is 23.4. The van der Waals surface area contributed by atoms with Gasteiger partial charge in [-0.15, -0.1) is 6.58 Å². The van der Waals surface area contributed by atoms with E-state index in [9.17, 15) is 18.4 Å². The first kappa shape index (κ1) is 16.8. The molecule has 0 aliphatic heterocycles. The van der Waals surface area contributed by atoms with Gasteiger partial charge in [-0.2, -0.15) is 0 Å². The Bertz CT molecular complexity index is 538. The van der Waals surface area contributed by atoms with Gasteiger partial charge < -0.3 is 10.1 Å². The van der Waals surface area contributed by atoms with Gasteiger partial charge in [-0.05, 0) is 31.0 Å². The van der Waals surface area contributed by atoms with Crippen LogP contribution in [-0.4, -0.2) is 25.0 Å². The zero-order valence-corrected chi connectivity index (χ0v) is 11.9. The number of halogens is 2. The molecule has 4 nitrogen and oxygen atoms in total. The number of benzene rings is 1. The van der Waals surface area contributed by atoms with Crippen LogP contribution in [0.4, 0.5) is 8.78 Å². The molecular formula is C15H17F2NO3. The smallest absolute Gasteiger partial charge is 0.328 e. The summed E-state index contributed by atoms with van der Waals surface area (Å²) in [5.41, 5.74) is 0.881. The molecule has 21 heavy (non-hydrogen) atoms. The maximum atomic E-state index is 13.0. The monoisotopic (exact) mass is 297 g/mol. The molecule has 0 aliphatic rings. The van der Waals surface area contributed by atoms with Crippen LogP contribution in [-0.2, 0) is 20.7 Å². The number of nitrogens with one attached hydrogen (secondary N) is 1. The van der Waals surface area contributed by atoms with Crippen LogP contribution in [0.5, 0.6) is 0 Å². The lowest BCUT2D eigenvalue weighted by Gasteiger charge is -2.16. The topological polar surface area (TPSA) is 55.4 Å².